The van der Waals surface area contributed by atoms with Gasteiger partial charge in [0.1, 0.15) is 5.82 Å². The minimum atomic E-state index is -4.63. The van der Waals surface area contributed by atoms with Gasteiger partial charge >= 0.3 is 6.18 Å². The van der Waals surface area contributed by atoms with Crippen LogP contribution in [0.25, 0.3) is 5.70 Å². The summed E-state index contributed by atoms with van der Waals surface area (Å²) in [5, 5.41) is 1.38. The molecular formula is C22H21ClF3N5O. The zero-order chi connectivity index (χ0) is 22.6. The van der Waals surface area contributed by atoms with Crippen LogP contribution in [0, 0.1) is 0 Å². The predicted molar refractivity (Wildman–Crippen MR) is 113 cm³/mol. The van der Waals surface area contributed by atoms with E-state index < -0.39 is 22.7 Å². The van der Waals surface area contributed by atoms with Gasteiger partial charge < -0.3 is 10.3 Å². The quantitative estimate of drug-likeness (QED) is 0.745. The van der Waals surface area contributed by atoms with Gasteiger partial charge in [0.2, 0.25) is 0 Å². The number of nitrogens with zero attached hydrogens (tertiary/aromatic N) is 4. The van der Waals surface area contributed by atoms with E-state index in [4.69, 9.17) is 21.6 Å². The number of carbonyl (C=O) groups is 1. The average molecular weight is 464 g/mol. The number of amides is 1. The van der Waals surface area contributed by atoms with Gasteiger partial charge in [0.15, 0.2) is 0 Å². The Morgan fingerprint density at radius 1 is 1.25 bits per heavy atom. The normalized spacial score (nSPS) is 18.9. The SMILES string of the molecule is CN1CC=C(c2nc(C3CC3)nc3c2CCN(C(=O)c2cccc(C(F)(F)F)c2Cl)C3)N1. The Balaban J connectivity index is 1.47. The number of benzene rings is 1. The van der Waals surface area contributed by atoms with Crippen LogP contribution in [0.5, 0.6) is 0 Å². The highest BCUT2D eigenvalue weighted by molar-refractivity contribution is 6.34. The molecule has 2 aliphatic heterocycles. The van der Waals surface area contributed by atoms with E-state index in [1.165, 1.54) is 17.0 Å². The summed E-state index contributed by atoms with van der Waals surface area (Å²) in [7, 11) is 1.94. The largest absolute Gasteiger partial charge is 0.417 e. The molecule has 6 nitrogen and oxygen atoms in total. The summed E-state index contributed by atoms with van der Waals surface area (Å²) in [6.45, 7) is 1.31. The standard InChI is InChI=1S/C22H21ClF3N5O/c1-30-9-8-16(29-30)19-13-7-10-31(11-17(13)27-20(28-19)12-5-6-12)21(32)14-3-2-4-15(18(14)23)22(24,25)26/h2-4,8,12,29H,5-7,9-11H2,1H3. The highest BCUT2D eigenvalue weighted by atomic mass is 35.5. The fourth-order valence-corrected chi connectivity index (χ4v) is 4.44. The summed E-state index contributed by atoms with van der Waals surface area (Å²) in [6.07, 6.45) is 0.0262. The van der Waals surface area contributed by atoms with E-state index in [-0.39, 0.29) is 12.1 Å². The van der Waals surface area contributed by atoms with Crippen LogP contribution in [0.1, 0.15) is 57.5 Å². The van der Waals surface area contributed by atoms with E-state index in [1.807, 2.05) is 12.1 Å². The molecule has 0 radical (unpaired) electrons. The van der Waals surface area contributed by atoms with Crippen LogP contribution in [-0.2, 0) is 19.1 Å². The summed E-state index contributed by atoms with van der Waals surface area (Å²) >= 11 is 5.99. The van der Waals surface area contributed by atoms with Gasteiger partial charge in [0.25, 0.3) is 5.91 Å². The van der Waals surface area contributed by atoms with Crippen molar-refractivity contribution in [3.8, 4) is 0 Å². The molecular weight excluding hydrogens is 443 g/mol. The minimum absolute atomic E-state index is 0.150. The van der Waals surface area contributed by atoms with Crippen molar-refractivity contribution in [3.63, 3.8) is 0 Å². The van der Waals surface area contributed by atoms with Crippen LogP contribution < -0.4 is 5.43 Å². The van der Waals surface area contributed by atoms with E-state index in [0.29, 0.717) is 18.9 Å². The molecule has 1 aromatic heterocycles. The van der Waals surface area contributed by atoms with Crippen LogP contribution in [0.4, 0.5) is 13.2 Å². The molecule has 0 bridgehead atoms. The van der Waals surface area contributed by atoms with Crippen LogP contribution in [-0.4, -0.2) is 45.9 Å². The van der Waals surface area contributed by atoms with Gasteiger partial charge in [0.05, 0.1) is 39.8 Å². The Kier molecular flexibility index (Phi) is 5.13. The van der Waals surface area contributed by atoms with Crippen LogP contribution >= 0.6 is 11.6 Å². The highest BCUT2D eigenvalue weighted by Crippen LogP contribution is 2.40. The molecule has 0 atom stereocenters. The van der Waals surface area contributed by atoms with Crippen LogP contribution in [0.15, 0.2) is 24.3 Å². The molecule has 1 aliphatic carbocycles. The highest BCUT2D eigenvalue weighted by Gasteiger charge is 2.36. The van der Waals surface area contributed by atoms with E-state index >= 15 is 0 Å². The summed E-state index contributed by atoms with van der Waals surface area (Å²) in [5.41, 5.74) is 5.64. The number of rotatable bonds is 3. The molecule has 1 amide bonds. The molecule has 0 unspecified atom stereocenters. The molecule has 3 heterocycles. The van der Waals surface area contributed by atoms with Crippen molar-refractivity contribution < 1.29 is 18.0 Å². The Bertz CT molecular complexity index is 1130. The summed E-state index contributed by atoms with van der Waals surface area (Å²) in [4.78, 5) is 24.2. The van der Waals surface area contributed by atoms with Gasteiger partial charge in [-0.1, -0.05) is 17.7 Å². The maximum absolute atomic E-state index is 13.2. The fourth-order valence-electron chi connectivity index (χ4n) is 4.13. The third kappa shape index (κ3) is 3.84. The monoisotopic (exact) mass is 463 g/mol. The lowest BCUT2D eigenvalue weighted by Gasteiger charge is -2.30. The van der Waals surface area contributed by atoms with Crippen molar-refractivity contribution in [1.29, 1.82) is 0 Å². The van der Waals surface area contributed by atoms with Gasteiger partial charge in [-0.2, -0.15) is 13.2 Å². The summed E-state index contributed by atoms with van der Waals surface area (Å²) in [6, 6.07) is 3.42. The number of alkyl halides is 3. The molecule has 10 heteroatoms. The lowest BCUT2D eigenvalue weighted by Crippen LogP contribution is -2.38. The van der Waals surface area contributed by atoms with Crippen molar-refractivity contribution in [3.05, 3.63) is 63.2 Å². The number of hydrogen-bond acceptors (Lipinski definition) is 5. The second-order valence-electron chi connectivity index (χ2n) is 8.38. The smallest absolute Gasteiger partial charge is 0.332 e. The van der Waals surface area contributed by atoms with E-state index in [0.717, 1.165) is 53.9 Å². The zero-order valence-corrected chi connectivity index (χ0v) is 18.1. The Morgan fingerprint density at radius 2 is 2.03 bits per heavy atom. The maximum atomic E-state index is 13.2. The fraction of sp³-hybridized carbons (Fsp3) is 0.409. The average Bonchev–Trinajstić information content (AvgIpc) is 3.52. The molecule has 168 valence electrons. The molecule has 3 aliphatic rings. The topological polar surface area (TPSA) is 61.4 Å². The maximum Gasteiger partial charge on any atom is 0.417 e. The first-order valence-electron chi connectivity index (χ1n) is 10.5. The zero-order valence-electron chi connectivity index (χ0n) is 17.3. The lowest BCUT2D eigenvalue weighted by atomic mass is 9.99. The van der Waals surface area contributed by atoms with Crippen LogP contribution in [0.3, 0.4) is 0 Å². The molecule has 1 aromatic carbocycles. The number of hydrazine groups is 1. The number of aromatic nitrogens is 2. The third-order valence-corrected chi connectivity index (χ3v) is 6.39. The van der Waals surface area contributed by atoms with Gasteiger partial charge in [-0.05, 0) is 37.5 Å². The lowest BCUT2D eigenvalue weighted by molar-refractivity contribution is -0.137. The second kappa shape index (κ2) is 7.74. The first-order chi connectivity index (χ1) is 15.2. The summed E-state index contributed by atoms with van der Waals surface area (Å²) in [5.74, 6) is 0.558. The number of likely N-dealkylation sites (N-methyl/N-ethyl adjacent to an activating group) is 1. The molecule has 1 saturated carbocycles. The van der Waals surface area contributed by atoms with Gasteiger partial charge in [-0.25, -0.2) is 15.0 Å². The number of carbonyl (C=O) groups excluding carboxylic acids is 1. The van der Waals surface area contributed by atoms with Crippen molar-refractivity contribution in [2.24, 2.45) is 0 Å². The van der Waals surface area contributed by atoms with Crippen LogP contribution in [0.2, 0.25) is 5.02 Å². The molecule has 5 rings (SSSR count). The molecule has 1 N–H and O–H groups in total. The predicted octanol–water partition coefficient (Wildman–Crippen LogP) is 4.02. The Labute approximate surface area is 188 Å². The van der Waals surface area contributed by atoms with Gasteiger partial charge in [0, 0.05) is 31.6 Å². The first-order valence-corrected chi connectivity index (χ1v) is 10.8. The molecule has 0 saturated heterocycles. The molecule has 32 heavy (non-hydrogen) atoms. The van der Waals surface area contributed by atoms with Crippen molar-refractivity contribution in [2.45, 2.75) is 37.9 Å². The second-order valence-corrected chi connectivity index (χ2v) is 8.76. The number of hydrogen-bond donors (Lipinski definition) is 1. The Morgan fingerprint density at radius 3 is 2.69 bits per heavy atom. The van der Waals surface area contributed by atoms with Crippen molar-refractivity contribution in [2.75, 3.05) is 20.1 Å². The van der Waals surface area contributed by atoms with Crippen molar-refractivity contribution in [1.82, 2.24) is 25.3 Å². The Hall–Kier alpha value is -2.65. The summed E-state index contributed by atoms with van der Waals surface area (Å²) < 4.78 is 39.7. The first kappa shape index (κ1) is 21.2. The van der Waals surface area contributed by atoms with Crippen molar-refractivity contribution >= 4 is 23.2 Å². The van der Waals surface area contributed by atoms with E-state index in [9.17, 15) is 18.0 Å². The molecule has 0 spiro atoms. The van der Waals surface area contributed by atoms with Gasteiger partial charge in [-0.3, -0.25) is 4.79 Å². The van der Waals surface area contributed by atoms with E-state index in [1.54, 1.807) is 0 Å². The number of fused-ring (bicyclic) bond motifs is 1. The molecule has 1 fully saturated rings. The minimum Gasteiger partial charge on any atom is -0.332 e. The number of halogens is 4. The van der Waals surface area contributed by atoms with Gasteiger partial charge in [-0.15, -0.1) is 0 Å². The van der Waals surface area contributed by atoms with E-state index in [2.05, 4.69) is 11.5 Å². The molecule has 2 aromatic rings. The number of nitrogens with one attached hydrogen (secondary N) is 1. The third-order valence-electron chi connectivity index (χ3n) is 5.98.